The second-order valence-corrected chi connectivity index (χ2v) is 8.57. The van der Waals surface area contributed by atoms with Gasteiger partial charge < -0.3 is 10.6 Å². The van der Waals surface area contributed by atoms with Crippen molar-refractivity contribution in [3.05, 3.63) is 29.3 Å². The van der Waals surface area contributed by atoms with Gasteiger partial charge in [0.2, 0.25) is 5.91 Å². The highest BCUT2D eigenvalue weighted by molar-refractivity contribution is 7.93. The lowest BCUT2D eigenvalue weighted by Gasteiger charge is -2.27. The Morgan fingerprint density at radius 1 is 1.17 bits per heavy atom. The minimum absolute atomic E-state index is 0. The molecule has 0 aromatic heterocycles. The van der Waals surface area contributed by atoms with Gasteiger partial charge in [0.05, 0.1) is 4.90 Å². The fourth-order valence-corrected chi connectivity index (χ4v) is 5.25. The number of sulfone groups is 1. The van der Waals surface area contributed by atoms with Crippen LogP contribution in [0, 0.1) is 0 Å². The van der Waals surface area contributed by atoms with Gasteiger partial charge in [-0.2, -0.15) is 0 Å². The molecule has 0 aliphatic heterocycles. The van der Waals surface area contributed by atoms with E-state index in [0.717, 1.165) is 25.8 Å². The lowest BCUT2D eigenvalue weighted by atomic mass is 10.1. The van der Waals surface area contributed by atoms with Crippen molar-refractivity contribution in [3.63, 3.8) is 0 Å². The van der Waals surface area contributed by atoms with Gasteiger partial charge in [-0.05, 0) is 57.1 Å². The largest absolute Gasteiger partial charge is 0.355 e. The van der Waals surface area contributed by atoms with Gasteiger partial charge >= 0.3 is 0 Å². The Morgan fingerprint density at radius 2 is 1.75 bits per heavy atom. The average Bonchev–Trinajstić information content (AvgIpc) is 3.03. The standard InChI is InChI=1S/C16H23ClN2O3S.ClH/c1-18-11-4-12-19-15(20)16(9-2-3-10-16)23(21,22)14-7-5-13(17)6-8-14;/h5-8,18H,2-4,9-12H2,1H3,(H,19,20);1H. The highest BCUT2D eigenvalue weighted by Crippen LogP contribution is 2.40. The summed E-state index contributed by atoms with van der Waals surface area (Å²) in [5.41, 5.74) is 0. The third-order valence-electron chi connectivity index (χ3n) is 4.35. The summed E-state index contributed by atoms with van der Waals surface area (Å²) < 4.78 is 24.8. The van der Waals surface area contributed by atoms with E-state index in [-0.39, 0.29) is 23.2 Å². The molecule has 1 aliphatic rings. The van der Waals surface area contributed by atoms with Crippen molar-refractivity contribution in [3.8, 4) is 0 Å². The van der Waals surface area contributed by atoms with Gasteiger partial charge in [0.25, 0.3) is 0 Å². The molecule has 2 rings (SSSR count). The summed E-state index contributed by atoms with van der Waals surface area (Å²) in [7, 11) is -1.91. The van der Waals surface area contributed by atoms with Gasteiger partial charge in [0.1, 0.15) is 0 Å². The number of carbonyl (C=O) groups is 1. The average molecular weight is 395 g/mol. The molecule has 1 amide bonds. The first-order valence-electron chi connectivity index (χ1n) is 7.87. The van der Waals surface area contributed by atoms with E-state index in [4.69, 9.17) is 11.6 Å². The first kappa shape index (κ1) is 21.2. The molecule has 0 spiro atoms. The first-order chi connectivity index (χ1) is 10.9. The van der Waals surface area contributed by atoms with Gasteiger partial charge in [-0.25, -0.2) is 8.42 Å². The van der Waals surface area contributed by atoms with E-state index >= 15 is 0 Å². The van der Waals surface area contributed by atoms with Crippen molar-refractivity contribution < 1.29 is 13.2 Å². The van der Waals surface area contributed by atoms with E-state index in [1.165, 1.54) is 12.1 Å². The third kappa shape index (κ3) is 4.23. The molecule has 2 N–H and O–H groups in total. The lowest BCUT2D eigenvalue weighted by Crippen LogP contribution is -2.51. The Bertz CT molecular complexity index is 642. The maximum absolute atomic E-state index is 13.1. The van der Waals surface area contributed by atoms with Crippen molar-refractivity contribution >= 4 is 39.8 Å². The van der Waals surface area contributed by atoms with Crippen molar-refractivity contribution in [1.29, 1.82) is 0 Å². The Kier molecular flexibility index (Phi) is 7.99. The van der Waals surface area contributed by atoms with Crippen LogP contribution in [0.2, 0.25) is 5.02 Å². The number of halogens is 2. The minimum atomic E-state index is -3.75. The van der Waals surface area contributed by atoms with Crippen LogP contribution < -0.4 is 10.6 Å². The van der Waals surface area contributed by atoms with Crippen LogP contribution in [0.5, 0.6) is 0 Å². The molecule has 0 saturated heterocycles. The molecule has 8 heteroatoms. The van der Waals surface area contributed by atoms with Crippen LogP contribution in [-0.4, -0.2) is 39.2 Å². The van der Waals surface area contributed by atoms with Crippen molar-refractivity contribution in [2.24, 2.45) is 0 Å². The monoisotopic (exact) mass is 394 g/mol. The first-order valence-corrected chi connectivity index (χ1v) is 9.73. The molecule has 1 aromatic rings. The Hall–Kier alpha value is -0.820. The summed E-state index contributed by atoms with van der Waals surface area (Å²) in [5, 5.41) is 6.28. The highest BCUT2D eigenvalue weighted by atomic mass is 35.5. The number of nitrogens with one attached hydrogen (secondary N) is 2. The minimum Gasteiger partial charge on any atom is -0.355 e. The summed E-state index contributed by atoms with van der Waals surface area (Å²) in [6.45, 7) is 1.24. The van der Waals surface area contributed by atoms with Crippen LogP contribution in [0.1, 0.15) is 32.1 Å². The molecule has 0 bridgehead atoms. The zero-order valence-corrected chi connectivity index (χ0v) is 16.1. The van der Waals surface area contributed by atoms with E-state index in [1.807, 2.05) is 7.05 Å². The van der Waals surface area contributed by atoms with E-state index in [0.29, 0.717) is 24.4 Å². The van der Waals surface area contributed by atoms with Crippen molar-refractivity contribution in [2.45, 2.75) is 41.7 Å². The van der Waals surface area contributed by atoms with Crippen LogP contribution >= 0.6 is 24.0 Å². The number of hydrogen-bond acceptors (Lipinski definition) is 4. The lowest BCUT2D eigenvalue weighted by molar-refractivity contribution is -0.123. The van der Waals surface area contributed by atoms with Crippen LogP contribution in [0.25, 0.3) is 0 Å². The molecule has 24 heavy (non-hydrogen) atoms. The molecule has 1 aliphatic carbocycles. The maximum Gasteiger partial charge on any atom is 0.241 e. The van der Waals surface area contributed by atoms with Crippen molar-refractivity contribution in [1.82, 2.24) is 10.6 Å². The summed E-state index contributed by atoms with van der Waals surface area (Å²) in [6.07, 6.45) is 3.00. The molecular weight excluding hydrogens is 371 g/mol. The van der Waals surface area contributed by atoms with E-state index in [1.54, 1.807) is 12.1 Å². The molecule has 0 atom stereocenters. The fourth-order valence-electron chi connectivity index (χ4n) is 3.03. The van der Waals surface area contributed by atoms with E-state index in [9.17, 15) is 13.2 Å². The van der Waals surface area contributed by atoms with Gasteiger partial charge in [0.15, 0.2) is 14.6 Å². The molecule has 0 radical (unpaired) electrons. The SMILES string of the molecule is CNCCCNC(=O)C1(S(=O)(=O)c2ccc(Cl)cc2)CCCC1.Cl. The molecule has 136 valence electrons. The molecule has 1 saturated carbocycles. The topological polar surface area (TPSA) is 75.3 Å². The number of rotatable bonds is 7. The van der Waals surface area contributed by atoms with E-state index in [2.05, 4.69) is 10.6 Å². The van der Waals surface area contributed by atoms with Gasteiger partial charge in [0, 0.05) is 11.6 Å². The molecular formula is C16H24Cl2N2O3S. The number of amides is 1. The fraction of sp³-hybridized carbons (Fsp3) is 0.562. The van der Waals surface area contributed by atoms with Crippen LogP contribution in [0.4, 0.5) is 0 Å². The number of carbonyl (C=O) groups excluding carboxylic acids is 1. The third-order valence-corrected chi connectivity index (χ3v) is 7.12. The second-order valence-electron chi connectivity index (χ2n) is 5.87. The van der Waals surface area contributed by atoms with Crippen LogP contribution in [0.3, 0.4) is 0 Å². The summed E-state index contributed by atoms with van der Waals surface area (Å²) >= 11 is 5.84. The normalized spacial score (nSPS) is 16.4. The number of hydrogen-bond donors (Lipinski definition) is 2. The molecule has 1 aromatic carbocycles. The second kappa shape index (κ2) is 9.04. The van der Waals surface area contributed by atoms with E-state index < -0.39 is 14.6 Å². The number of benzene rings is 1. The quantitative estimate of drug-likeness (QED) is 0.696. The molecule has 1 fully saturated rings. The molecule has 0 unspecified atom stereocenters. The van der Waals surface area contributed by atoms with Gasteiger partial charge in [-0.3, -0.25) is 4.79 Å². The smallest absolute Gasteiger partial charge is 0.241 e. The zero-order valence-electron chi connectivity index (χ0n) is 13.7. The Labute approximate surface area is 154 Å². The summed E-state index contributed by atoms with van der Waals surface area (Å²) in [4.78, 5) is 12.8. The predicted octanol–water partition coefficient (Wildman–Crippen LogP) is 2.57. The highest BCUT2D eigenvalue weighted by Gasteiger charge is 2.52. The predicted molar refractivity (Wildman–Crippen MR) is 98.6 cm³/mol. The Morgan fingerprint density at radius 3 is 2.29 bits per heavy atom. The van der Waals surface area contributed by atoms with Crippen molar-refractivity contribution in [2.75, 3.05) is 20.1 Å². The van der Waals surface area contributed by atoms with Crippen LogP contribution in [0.15, 0.2) is 29.2 Å². The molecule has 5 nitrogen and oxygen atoms in total. The maximum atomic E-state index is 13.1. The summed E-state index contributed by atoms with van der Waals surface area (Å²) in [6, 6.07) is 6.04. The van der Waals surface area contributed by atoms with Gasteiger partial charge in [-0.1, -0.05) is 24.4 Å². The summed E-state index contributed by atoms with van der Waals surface area (Å²) in [5.74, 6) is -0.374. The molecule has 0 heterocycles. The van der Waals surface area contributed by atoms with Crippen LogP contribution in [-0.2, 0) is 14.6 Å². The Balaban J connectivity index is 0.00000288. The van der Waals surface area contributed by atoms with Gasteiger partial charge in [-0.15, -0.1) is 12.4 Å². The zero-order chi connectivity index (χ0) is 16.9.